The van der Waals surface area contributed by atoms with Gasteiger partial charge in [-0.3, -0.25) is 9.48 Å². The summed E-state index contributed by atoms with van der Waals surface area (Å²) in [4.78, 5) is 21.6. The molecule has 40 heavy (non-hydrogen) atoms. The van der Waals surface area contributed by atoms with Gasteiger partial charge in [0.15, 0.2) is 11.9 Å². The van der Waals surface area contributed by atoms with E-state index in [9.17, 15) is 18.7 Å². The molecule has 2 N–H and O–H groups in total. The number of alkyl halides is 2. The molecule has 1 fully saturated rings. The van der Waals surface area contributed by atoms with Crippen molar-refractivity contribution in [3.63, 3.8) is 0 Å². The highest BCUT2D eigenvalue weighted by Crippen LogP contribution is 2.38. The molecule has 1 unspecified atom stereocenters. The maximum atomic E-state index is 13.4. The Labute approximate surface area is 233 Å². The number of aromatic nitrogens is 5. The highest BCUT2D eigenvalue weighted by molar-refractivity contribution is 6.31. The van der Waals surface area contributed by atoms with Crippen LogP contribution < -0.4 is 10.1 Å². The predicted octanol–water partition coefficient (Wildman–Crippen LogP) is 3.50. The van der Waals surface area contributed by atoms with Crippen LogP contribution in [0.5, 0.6) is 5.75 Å². The highest BCUT2D eigenvalue weighted by atomic mass is 35.5. The summed E-state index contributed by atoms with van der Waals surface area (Å²) in [6, 6.07) is 5.88. The van der Waals surface area contributed by atoms with Crippen LogP contribution in [0.2, 0.25) is 5.02 Å². The summed E-state index contributed by atoms with van der Waals surface area (Å²) in [7, 11) is 2.01. The molecule has 0 bridgehead atoms. The molecule has 1 amide bonds. The Morgan fingerprint density at radius 3 is 2.85 bits per heavy atom. The minimum atomic E-state index is -3.09. The maximum Gasteiger partial charge on any atom is 0.387 e. The lowest BCUT2D eigenvalue weighted by Gasteiger charge is -2.46. The van der Waals surface area contributed by atoms with Gasteiger partial charge < -0.3 is 25.0 Å². The molecule has 1 aliphatic heterocycles. The summed E-state index contributed by atoms with van der Waals surface area (Å²) in [6.07, 6.45) is 4.96. The Morgan fingerprint density at radius 2 is 2.10 bits per heavy atom. The third-order valence-electron chi connectivity index (χ3n) is 6.76. The summed E-state index contributed by atoms with van der Waals surface area (Å²) in [5.74, 6) is -0.312. The predicted molar refractivity (Wildman–Crippen MR) is 144 cm³/mol. The fourth-order valence-electron chi connectivity index (χ4n) is 5.04. The number of hydrogen-bond acceptors (Lipinski definition) is 8. The van der Waals surface area contributed by atoms with Crippen molar-refractivity contribution >= 4 is 28.8 Å². The van der Waals surface area contributed by atoms with Crippen molar-refractivity contribution in [3.05, 3.63) is 59.6 Å². The standard InChI is InChI=1S/C26H29ClF2N8O3/c1-26(2)15-34(3)9-10-36(26)21(38)14-35-13-19(32-24(39)18-12-31-37-8-4-7-30-23(18)37)22(33-35)17-11-16(27)5-6-20(17)40-25(28)29/h4-8,11-13,24-25,32,39H,9-10,14-15H2,1-3H3. The quantitative estimate of drug-likeness (QED) is 0.308. The number of carbonyl (C=O) groups excluding carboxylic acids is 1. The Hall–Kier alpha value is -3.81. The van der Waals surface area contributed by atoms with E-state index in [1.807, 2.05) is 25.8 Å². The van der Waals surface area contributed by atoms with E-state index in [0.29, 0.717) is 24.3 Å². The lowest BCUT2D eigenvalue weighted by Crippen LogP contribution is -2.60. The molecule has 0 spiro atoms. The number of amides is 1. The average molecular weight is 575 g/mol. The highest BCUT2D eigenvalue weighted by Gasteiger charge is 2.35. The van der Waals surface area contributed by atoms with Gasteiger partial charge in [0.25, 0.3) is 0 Å². The number of benzene rings is 1. The molecule has 212 valence electrons. The zero-order chi connectivity index (χ0) is 28.6. The van der Waals surface area contributed by atoms with Gasteiger partial charge in [-0.05, 0) is 45.2 Å². The van der Waals surface area contributed by atoms with Gasteiger partial charge >= 0.3 is 6.61 Å². The molecule has 0 radical (unpaired) electrons. The number of hydrogen-bond donors (Lipinski definition) is 2. The number of rotatable bonds is 8. The van der Waals surface area contributed by atoms with Crippen LogP contribution in [0, 0.1) is 0 Å². The van der Waals surface area contributed by atoms with E-state index in [-0.39, 0.29) is 45.7 Å². The normalized spacial score (nSPS) is 16.4. The fourth-order valence-corrected chi connectivity index (χ4v) is 5.21. The molecule has 1 aliphatic rings. The van der Waals surface area contributed by atoms with Gasteiger partial charge in [-0.25, -0.2) is 9.50 Å². The first-order valence-corrected chi connectivity index (χ1v) is 12.9. The second kappa shape index (κ2) is 11.0. The van der Waals surface area contributed by atoms with Crippen LogP contribution >= 0.6 is 11.6 Å². The number of ether oxygens (including phenoxy) is 1. The van der Waals surface area contributed by atoms with Crippen LogP contribution in [0.3, 0.4) is 0 Å². The summed E-state index contributed by atoms with van der Waals surface area (Å²) < 4.78 is 34.1. The van der Waals surface area contributed by atoms with E-state index < -0.39 is 12.8 Å². The first-order chi connectivity index (χ1) is 19.0. The third kappa shape index (κ3) is 5.71. The van der Waals surface area contributed by atoms with Gasteiger partial charge in [-0.15, -0.1) is 0 Å². The van der Waals surface area contributed by atoms with E-state index in [0.717, 1.165) is 6.54 Å². The largest absolute Gasteiger partial charge is 0.434 e. The van der Waals surface area contributed by atoms with E-state index in [1.54, 1.807) is 18.5 Å². The number of halogens is 3. The van der Waals surface area contributed by atoms with Crippen LogP contribution in [0.15, 0.2) is 49.1 Å². The molecule has 0 saturated carbocycles. The molecule has 1 saturated heterocycles. The SMILES string of the molecule is CN1CCN(C(=O)Cn2cc(NC(O)c3cnn4cccnc34)c(-c3cc(Cl)ccc3OC(F)F)n2)C(C)(C)C1. The zero-order valence-electron chi connectivity index (χ0n) is 22.1. The Morgan fingerprint density at radius 1 is 1.30 bits per heavy atom. The number of nitrogens with one attached hydrogen (secondary N) is 1. The molecular formula is C26H29ClF2N8O3. The van der Waals surface area contributed by atoms with Crippen LogP contribution in [-0.2, 0) is 11.3 Å². The van der Waals surface area contributed by atoms with Crippen LogP contribution in [0.4, 0.5) is 14.5 Å². The molecule has 4 heterocycles. The maximum absolute atomic E-state index is 13.4. The number of aliphatic hydroxyl groups excluding tert-OH is 1. The molecule has 14 heteroatoms. The molecule has 5 rings (SSSR count). The van der Waals surface area contributed by atoms with Crippen molar-refractivity contribution < 1.29 is 23.4 Å². The minimum Gasteiger partial charge on any atom is -0.434 e. The molecule has 1 atom stereocenters. The second-order valence-corrected chi connectivity index (χ2v) is 10.7. The lowest BCUT2D eigenvalue weighted by atomic mass is 9.99. The topological polar surface area (TPSA) is 113 Å². The summed E-state index contributed by atoms with van der Waals surface area (Å²) in [6.45, 7) is 2.82. The van der Waals surface area contributed by atoms with E-state index in [2.05, 4.69) is 25.4 Å². The summed E-state index contributed by atoms with van der Waals surface area (Å²) in [5.41, 5.74) is 0.991. The number of likely N-dealkylation sites (N-methyl/N-ethyl adjacent to an activating group) is 1. The summed E-state index contributed by atoms with van der Waals surface area (Å²) >= 11 is 6.21. The van der Waals surface area contributed by atoms with Crippen LogP contribution in [0.25, 0.3) is 16.9 Å². The van der Waals surface area contributed by atoms with Crippen LogP contribution in [0.1, 0.15) is 25.6 Å². The van der Waals surface area contributed by atoms with E-state index in [4.69, 9.17) is 16.3 Å². The fraction of sp³-hybridized carbons (Fsp3) is 0.385. The van der Waals surface area contributed by atoms with Crippen molar-refractivity contribution in [2.75, 3.05) is 32.0 Å². The monoisotopic (exact) mass is 574 g/mol. The zero-order valence-corrected chi connectivity index (χ0v) is 22.9. The summed E-state index contributed by atoms with van der Waals surface area (Å²) in [5, 5.41) is 23.1. The van der Waals surface area contributed by atoms with Crippen molar-refractivity contribution in [3.8, 4) is 17.0 Å². The Balaban J connectivity index is 1.51. The minimum absolute atomic E-state index is 0.109. The third-order valence-corrected chi connectivity index (χ3v) is 6.99. The first kappa shape index (κ1) is 27.7. The number of carbonyl (C=O) groups is 1. The van der Waals surface area contributed by atoms with Gasteiger partial charge in [0.1, 0.15) is 18.0 Å². The molecule has 3 aromatic heterocycles. The second-order valence-electron chi connectivity index (χ2n) is 10.2. The van der Waals surface area contributed by atoms with Crippen molar-refractivity contribution in [1.29, 1.82) is 0 Å². The molecular weight excluding hydrogens is 546 g/mol. The first-order valence-electron chi connectivity index (χ1n) is 12.6. The van der Waals surface area contributed by atoms with Gasteiger partial charge in [0.05, 0.1) is 23.0 Å². The number of piperazine rings is 1. The van der Waals surface area contributed by atoms with Crippen LogP contribution in [-0.4, -0.2) is 84.0 Å². The van der Waals surface area contributed by atoms with E-state index >= 15 is 0 Å². The smallest absolute Gasteiger partial charge is 0.387 e. The number of aliphatic hydroxyl groups is 1. The number of nitrogens with zero attached hydrogens (tertiary/aromatic N) is 7. The Kier molecular flexibility index (Phi) is 7.62. The Bertz CT molecular complexity index is 1520. The van der Waals surface area contributed by atoms with Gasteiger partial charge in [-0.1, -0.05) is 11.6 Å². The number of anilines is 1. The molecule has 0 aliphatic carbocycles. The molecule has 1 aromatic carbocycles. The van der Waals surface area contributed by atoms with Gasteiger partial charge in [0, 0.05) is 48.8 Å². The lowest BCUT2D eigenvalue weighted by molar-refractivity contribution is -0.140. The van der Waals surface area contributed by atoms with Crippen molar-refractivity contribution in [1.82, 2.24) is 34.2 Å². The van der Waals surface area contributed by atoms with Crippen molar-refractivity contribution in [2.24, 2.45) is 0 Å². The average Bonchev–Trinajstić information content (AvgIpc) is 3.48. The van der Waals surface area contributed by atoms with Gasteiger partial charge in [0.2, 0.25) is 5.91 Å². The van der Waals surface area contributed by atoms with E-state index in [1.165, 1.54) is 39.8 Å². The van der Waals surface area contributed by atoms with Crippen molar-refractivity contribution in [2.45, 2.75) is 38.8 Å². The number of fused-ring (bicyclic) bond motifs is 1. The molecule has 11 nitrogen and oxygen atoms in total. The molecule has 4 aromatic rings. The van der Waals surface area contributed by atoms with Gasteiger partial charge in [-0.2, -0.15) is 19.0 Å².